The number of hydrogen-bond acceptors (Lipinski definition) is 4. The minimum Gasteiger partial charge on any atom is -0.493 e. The molecule has 0 fully saturated rings. The number of carboxylic acids is 1. The van der Waals surface area contributed by atoms with E-state index < -0.39 is 11.9 Å². The number of nitrogens with one attached hydrogen (secondary N) is 1. The Labute approximate surface area is 170 Å². The number of aromatic carboxylic acids is 1. The lowest BCUT2D eigenvalue weighted by molar-refractivity contribution is -0.111. The van der Waals surface area contributed by atoms with Gasteiger partial charge in [-0.1, -0.05) is 31.0 Å². The van der Waals surface area contributed by atoms with Crippen LogP contribution >= 0.6 is 0 Å². The van der Waals surface area contributed by atoms with Crippen LogP contribution in [-0.4, -0.2) is 30.7 Å². The Morgan fingerprint density at radius 3 is 2.66 bits per heavy atom. The Balaban J connectivity index is 2.03. The molecule has 0 bridgehead atoms. The van der Waals surface area contributed by atoms with Crippen LogP contribution < -0.4 is 14.8 Å². The highest BCUT2D eigenvalue weighted by atomic mass is 16.5. The van der Waals surface area contributed by atoms with Crippen molar-refractivity contribution in [3.8, 4) is 23.3 Å². The number of rotatable bonds is 8. The molecule has 0 aliphatic rings. The van der Waals surface area contributed by atoms with Crippen LogP contribution in [0, 0.1) is 11.8 Å². The van der Waals surface area contributed by atoms with Crippen molar-refractivity contribution in [2.75, 3.05) is 19.0 Å². The summed E-state index contributed by atoms with van der Waals surface area (Å²) in [6, 6.07) is 11.5. The molecule has 6 heteroatoms. The van der Waals surface area contributed by atoms with Gasteiger partial charge in [0.25, 0.3) is 0 Å². The molecule has 150 valence electrons. The summed E-state index contributed by atoms with van der Waals surface area (Å²) >= 11 is 0. The normalized spacial score (nSPS) is 10.1. The lowest BCUT2D eigenvalue weighted by Crippen LogP contribution is -2.11. The van der Waals surface area contributed by atoms with Crippen molar-refractivity contribution in [1.82, 2.24) is 0 Å². The molecule has 0 saturated carbocycles. The van der Waals surface area contributed by atoms with Gasteiger partial charge in [-0.3, -0.25) is 4.79 Å². The molecule has 2 aromatic carbocycles. The van der Waals surface area contributed by atoms with Crippen LogP contribution in [0.15, 0.2) is 48.5 Å². The standard InChI is InChI=1S/C23H23NO5/c1-3-4-5-8-15-29-20-13-11-17(16-21(20)28-2)12-14-22(25)24-19-10-7-6-9-18(19)23(26)27/h6-7,9-14,16H,3,8,15H2,1-2H3,(H,24,25)(H,26,27)/b14-12+. The molecule has 0 aliphatic carbocycles. The summed E-state index contributed by atoms with van der Waals surface area (Å²) in [4.78, 5) is 23.4. The summed E-state index contributed by atoms with van der Waals surface area (Å²) in [5.74, 6) is 5.60. The number of carbonyl (C=O) groups excluding carboxylic acids is 1. The largest absolute Gasteiger partial charge is 0.493 e. The predicted molar refractivity (Wildman–Crippen MR) is 112 cm³/mol. The van der Waals surface area contributed by atoms with E-state index in [1.807, 2.05) is 6.92 Å². The van der Waals surface area contributed by atoms with Crippen LogP contribution in [0.2, 0.25) is 0 Å². The third kappa shape index (κ3) is 6.74. The smallest absolute Gasteiger partial charge is 0.337 e. The second kappa shape index (κ2) is 11.2. The fourth-order valence-corrected chi connectivity index (χ4v) is 2.46. The van der Waals surface area contributed by atoms with Crippen LogP contribution in [0.3, 0.4) is 0 Å². The van der Waals surface area contributed by atoms with Gasteiger partial charge in [0.15, 0.2) is 11.5 Å². The number of benzene rings is 2. The first kappa shape index (κ1) is 21.6. The van der Waals surface area contributed by atoms with Crippen molar-refractivity contribution in [3.05, 3.63) is 59.7 Å². The molecular weight excluding hydrogens is 370 g/mol. The van der Waals surface area contributed by atoms with Gasteiger partial charge in [0.05, 0.1) is 25.0 Å². The Hall–Kier alpha value is -3.72. The number of carboxylic acid groups (broad SMARTS) is 1. The highest BCUT2D eigenvalue weighted by molar-refractivity contribution is 6.06. The average Bonchev–Trinajstić information content (AvgIpc) is 2.72. The number of methoxy groups -OCH3 is 1. The SMILES string of the molecule is CCC#CCCOc1ccc(/C=C/C(=O)Nc2ccccc2C(=O)O)cc1OC. The summed E-state index contributed by atoms with van der Waals surface area (Å²) in [6.45, 7) is 2.46. The minimum atomic E-state index is -1.11. The van der Waals surface area contributed by atoms with Gasteiger partial charge in [0.1, 0.15) is 0 Å². The molecule has 0 radical (unpaired) electrons. The maximum absolute atomic E-state index is 12.2. The van der Waals surface area contributed by atoms with Crippen molar-refractivity contribution in [2.24, 2.45) is 0 Å². The molecule has 0 spiro atoms. The molecule has 2 rings (SSSR count). The van der Waals surface area contributed by atoms with Crippen molar-refractivity contribution < 1.29 is 24.2 Å². The molecule has 0 heterocycles. The van der Waals surface area contributed by atoms with Gasteiger partial charge in [-0.05, 0) is 35.9 Å². The third-order valence-electron chi connectivity index (χ3n) is 3.82. The van der Waals surface area contributed by atoms with E-state index in [4.69, 9.17) is 9.47 Å². The molecule has 0 unspecified atom stereocenters. The van der Waals surface area contributed by atoms with Gasteiger partial charge in [-0.15, -0.1) is 5.92 Å². The number of anilines is 1. The zero-order valence-electron chi connectivity index (χ0n) is 16.4. The zero-order valence-corrected chi connectivity index (χ0v) is 16.4. The van der Waals surface area contributed by atoms with Crippen LogP contribution in [0.5, 0.6) is 11.5 Å². The predicted octanol–water partition coefficient (Wildman–Crippen LogP) is 4.23. The topological polar surface area (TPSA) is 84.9 Å². The van der Waals surface area contributed by atoms with Gasteiger partial charge in [0, 0.05) is 18.9 Å². The number of amides is 1. The molecule has 0 aromatic heterocycles. The van der Waals surface area contributed by atoms with E-state index in [9.17, 15) is 14.7 Å². The molecule has 2 aromatic rings. The number of para-hydroxylation sites is 1. The molecule has 0 aliphatic heterocycles. The van der Waals surface area contributed by atoms with E-state index in [2.05, 4.69) is 17.2 Å². The molecule has 2 N–H and O–H groups in total. The maximum Gasteiger partial charge on any atom is 0.337 e. The van der Waals surface area contributed by atoms with E-state index >= 15 is 0 Å². The summed E-state index contributed by atoms with van der Waals surface area (Å²) in [5.41, 5.74) is 1.00. The van der Waals surface area contributed by atoms with Crippen molar-refractivity contribution in [3.63, 3.8) is 0 Å². The van der Waals surface area contributed by atoms with Gasteiger partial charge in [0.2, 0.25) is 5.91 Å². The molecular formula is C23H23NO5. The first-order valence-electron chi connectivity index (χ1n) is 9.13. The van der Waals surface area contributed by atoms with Crippen LogP contribution in [0.25, 0.3) is 6.08 Å². The van der Waals surface area contributed by atoms with E-state index in [0.717, 1.165) is 12.0 Å². The Kier molecular flexibility index (Phi) is 8.33. The highest BCUT2D eigenvalue weighted by Crippen LogP contribution is 2.28. The molecule has 29 heavy (non-hydrogen) atoms. The van der Waals surface area contributed by atoms with Gasteiger partial charge < -0.3 is 19.9 Å². The summed E-state index contributed by atoms with van der Waals surface area (Å²) in [6.07, 6.45) is 4.39. The van der Waals surface area contributed by atoms with Crippen LogP contribution in [0.1, 0.15) is 35.7 Å². The number of hydrogen-bond donors (Lipinski definition) is 2. The number of ether oxygens (including phenoxy) is 2. The van der Waals surface area contributed by atoms with Crippen molar-refractivity contribution in [1.29, 1.82) is 0 Å². The van der Waals surface area contributed by atoms with Crippen LogP contribution in [0.4, 0.5) is 5.69 Å². The number of carbonyl (C=O) groups is 2. The van der Waals surface area contributed by atoms with Gasteiger partial charge in [-0.25, -0.2) is 4.79 Å². The van der Waals surface area contributed by atoms with Gasteiger partial charge in [-0.2, -0.15) is 0 Å². The lowest BCUT2D eigenvalue weighted by Gasteiger charge is -2.10. The Morgan fingerprint density at radius 2 is 1.93 bits per heavy atom. The lowest BCUT2D eigenvalue weighted by atomic mass is 10.1. The molecule has 1 amide bonds. The summed E-state index contributed by atoms with van der Waals surface area (Å²) in [7, 11) is 1.54. The minimum absolute atomic E-state index is 0.0287. The van der Waals surface area contributed by atoms with E-state index in [1.54, 1.807) is 43.5 Å². The highest BCUT2D eigenvalue weighted by Gasteiger charge is 2.10. The van der Waals surface area contributed by atoms with E-state index in [-0.39, 0.29) is 11.3 Å². The Morgan fingerprint density at radius 1 is 1.14 bits per heavy atom. The first-order valence-corrected chi connectivity index (χ1v) is 9.13. The van der Waals surface area contributed by atoms with Crippen LogP contribution in [-0.2, 0) is 4.79 Å². The first-order chi connectivity index (χ1) is 14.0. The monoisotopic (exact) mass is 393 g/mol. The second-order valence-electron chi connectivity index (χ2n) is 5.89. The second-order valence-corrected chi connectivity index (χ2v) is 5.89. The molecule has 0 saturated heterocycles. The summed E-state index contributed by atoms with van der Waals surface area (Å²) < 4.78 is 11.0. The summed E-state index contributed by atoms with van der Waals surface area (Å²) in [5, 5.41) is 11.7. The Bertz CT molecular complexity index is 953. The van der Waals surface area contributed by atoms with E-state index in [0.29, 0.717) is 24.5 Å². The molecule has 6 nitrogen and oxygen atoms in total. The fourth-order valence-electron chi connectivity index (χ4n) is 2.46. The average molecular weight is 393 g/mol. The third-order valence-corrected chi connectivity index (χ3v) is 3.82. The fraction of sp³-hybridized carbons (Fsp3) is 0.217. The maximum atomic E-state index is 12.2. The zero-order chi connectivity index (χ0) is 21.1. The molecule has 0 atom stereocenters. The quantitative estimate of drug-likeness (QED) is 0.398. The van der Waals surface area contributed by atoms with Crippen molar-refractivity contribution in [2.45, 2.75) is 19.8 Å². The van der Waals surface area contributed by atoms with Gasteiger partial charge >= 0.3 is 5.97 Å². The van der Waals surface area contributed by atoms with E-state index in [1.165, 1.54) is 18.2 Å². The van der Waals surface area contributed by atoms with Crippen molar-refractivity contribution >= 4 is 23.6 Å².